The average Bonchev–Trinajstić information content (AvgIpc) is 3.08. The van der Waals surface area contributed by atoms with Crippen LogP contribution < -0.4 is 14.2 Å². The van der Waals surface area contributed by atoms with E-state index in [9.17, 15) is 18.6 Å². The Labute approximate surface area is 276 Å². The second kappa shape index (κ2) is 16.2. The van der Waals surface area contributed by atoms with E-state index in [0.717, 1.165) is 22.9 Å². The number of nitrogens with zero attached hydrogens (tertiary/aromatic N) is 2. The average molecular weight is 654 g/mol. The van der Waals surface area contributed by atoms with Crippen LogP contribution in [-0.4, -0.2) is 54.0 Å². The molecule has 5 aromatic rings. The van der Waals surface area contributed by atoms with E-state index in [4.69, 9.17) is 9.47 Å². The van der Waals surface area contributed by atoms with Crippen LogP contribution >= 0.6 is 0 Å². The van der Waals surface area contributed by atoms with Crippen LogP contribution in [-0.2, 0) is 29.6 Å². The molecule has 0 amide bonds. The molecule has 10 heteroatoms. The monoisotopic (exact) mass is 653 g/mol. The van der Waals surface area contributed by atoms with E-state index >= 15 is 0 Å². The van der Waals surface area contributed by atoms with E-state index < -0.39 is 16.1 Å². The number of benzene rings is 4. The summed E-state index contributed by atoms with van der Waals surface area (Å²) in [6, 6.07) is 37.2. The Bertz CT molecular complexity index is 1790. The summed E-state index contributed by atoms with van der Waals surface area (Å²) < 4.78 is 38.8. The van der Waals surface area contributed by atoms with E-state index in [1.54, 1.807) is 30.5 Å². The lowest BCUT2D eigenvalue weighted by molar-refractivity contribution is 0.0566. The first-order chi connectivity index (χ1) is 22.8. The van der Waals surface area contributed by atoms with Gasteiger partial charge >= 0.3 is 0 Å². The predicted octanol–water partition coefficient (Wildman–Crippen LogP) is 5.96. The second-order valence-corrected chi connectivity index (χ2v) is 13.0. The zero-order valence-corrected chi connectivity index (χ0v) is 27.0. The van der Waals surface area contributed by atoms with Gasteiger partial charge in [-0.15, -0.1) is 0 Å². The fraction of sp³-hybridized carbons (Fsp3) is 0.216. The normalized spacial score (nSPS) is 12.8. The molecule has 1 heterocycles. The minimum atomic E-state index is -3.63. The SMILES string of the molecule is CS(=O)(=O)Nc1cc(C(O)CN(Cc2ccccc2)[C@H](CO)Cc2ccc(Oc3ccccn3)cc2)ccc1OCc1ccccc1. The molecule has 244 valence electrons. The summed E-state index contributed by atoms with van der Waals surface area (Å²) in [7, 11) is -3.63. The van der Waals surface area contributed by atoms with Gasteiger partial charge in [0.2, 0.25) is 15.9 Å². The largest absolute Gasteiger partial charge is 0.487 e. The van der Waals surface area contributed by atoms with Crippen LogP contribution in [0.15, 0.2) is 128 Å². The molecule has 0 aliphatic rings. The summed E-state index contributed by atoms with van der Waals surface area (Å²) in [4.78, 5) is 6.24. The summed E-state index contributed by atoms with van der Waals surface area (Å²) in [5.41, 5.74) is 3.70. The van der Waals surface area contributed by atoms with Crippen molar-refractivity contribution >= 4 is 15.7 Å². The van der Waals surface area contributed by atoms with Gasteiger partial charge in [-0.05, 0) is 59.0 Å². The molecule has 0 aliphatic carbocycles. The van der Waals surface area contributed by atoms with Crippen molar-refractivity contribution in [1.82, 2.24) is 9.88 Å². The molecule has 2 atom stereocenters. The molecule has 1 aromatic heterocycles. The summed E-state index contributed by atoms with van der Waals surface area (Å²) in [5, 5.41) is 22.1. The number of nitrogens with one attached hydrogen (secondary N) is 1. The van der Waals surface area contributed by atoms with Gasteiger partial charge < -0.3 is 19.7 Å². The first-order valence-corrected chi connectivity index (χ1v) is 17.2. The van der Waals surface area contributed by atoms with Crippen LogP contribution in [0, 0.1) is 0 Å². The van der Waals surface area contributed by atoms with E-state index in [2.05, 4.69) is 9.71 Å². The number of hydrogen-bond donors (Lipinski definition) is 3. The maximum Gasteiger partial charge on any atom is 0.229 e. The van der Waals surface area contributed by atoms with Crippen molar-refractivity contribution in [1.29, 1.82) is 0 Å². The topological polar surface area (TPSA) is 121 Å². The van der Waals surface area contributed by atoms with Gasteiger partial charge in [0.25, 0.3) is 0 Å². The third-order valence-corrected chi connectivity index (χ3v) is 8.13. The minimum Gasteiger partial charge on any atom is -0.487 e. The zero-order valence-electron chi connectivity index (χ0n) is 26.1. The third kappa shape index (κ3) is 10.4. The van der Waals surface area contributed by atoms with Crippen molar-refractivity contribution in [3.05, 3.63) is 150 Å². The molecule has 0 radical (unpaired) electrons. The number of aromatic nitrogens is 1. The third-order valence-electron chi connectivity index (χ3n) is 7.54. The number of hydrogen-bond acceptors (Lipinski definition) is 8. The van der Waals surface area contributed by atoms with Gasteiger partial charge in [-0.1, -0.05) is 84.9 Å². The Morgan fingerprint density at radius 1 is 0.830 bits per heavy atom. The van der Waals surface area contributed by atoms with Gasteiger partial charge in [-0.2, -0.15) is 0 Å². The number of rotatable bonds is 16. The van der Waals surface area contributed by atoms with E-state index in [1.807, 2.05) is 102 Å². The van der Waals surface area contributed by atoms with E-state index in [-0.39, 0.29) is 31.5 Å². The lowest BCUT2D eigenvalue weighted by Crippen LogP contribution is -2.41. The Morgan fingerprint density at radius 2 is 1.51 bits per heavy atom. The highest BCUT2D eigenvalue weighted by Gasteiger charge is 2.24. The molecule has 0 saturated carbocycles. The quantitative estimate of drug-likeness (QED) is 0.119. The molecule has 0 saturated heterocycles. The maximum atomic E-state index is 12.2. The first-order valence-electron chi connectivity index (χ1n) is 15.3. The molecule has 0 fully saturated rings. The zero-order chi connectivity index (χ0) is 33.1. The number of anilines is 1. The number of sulfonamides is 1. The fourth-order valence-corrected chi connectivity index (χ4v) is 5.75. The van der Waals surface area contributed by atoms with Crippen molar-refractivity contribution < 1.29 is 28.1 Å². The Kier molecular flexibility index (Phi) is 11.6. The van der Waals surface area contributed by atoms with Crippen LogP contribution in [0.3, 0.4) is 0 Å². The predicted molar refractivity (Wildman–Crippen MR) is 183 cm³/mol. The Hall–Kier alpha value is -4.74. The van der Waals surface area contributed by atoms with Crippen molar-refractivity contribution in [2.75, 3.05) is 24.1 Å². The minimum absolute atomic E-state index is 0.140. The number of aliphatic hydroxyl groups excluding tert-OH is 2. The number of ether oxygens (including phenoxy) is 2. The van der Waals surface area contributed by atoms with Gasteiger partial charge in [-0.25, -0.2) is 13.4 Å². The standard InChI is InChI=1S/C37H39N3O6S/c1-47(43,44)39-34-23-31(17-20-36(34)45-27-30-12-6-3-7-13-30)35(42)25-40(24-29-10-4-2-5-11-29)32(26-41)22-28-15-18-33(19-16-28)46-37-14-8-9-21-38-37/h2-21,23,32,35,39,41-42H,22,24-27H2,1H3/t32-,35?/m0/s1. The highest BCUT2D eigenvalue weighted by Crippen LogP contribution is 2.31. The van der Waals surface area contributed by atoms with Gasteiger partial charge in [0.05, 0.1) is 24.7 Å². The van der Waals surface area contributed by atoms with E-state index in [1.165, 1.54) is 0 Å². The molecule has 1 unspecified atom stereocenters. The molecule has 0 spiro atoms. The van der Waals surface area contributed by atoms with Crippen molar-refractivity contribution in [2.24, 2.45) is 0 Å². The molecule has 47 heavy (non-hydrogen) atoms. The molecular formula is C37H39N3O6S. The molecule has 0 aliphatic heterocycles. The van der Waals surface area contributed by atoms with Crippen LogP contribution in [0.5, 0.6) is 17.4 Å². The van der Waals surface area contributed by atoms with Crippen molar-refractivity contribution in [2.45, 2.75) is 31.7 Å². The van der Waals surface area contributed by atoms with Crippen LogP contribution in [0.1, 0.15) is 28.4 Å². The van der Waals surface area contributed by atoms with Crippen LogP contribution in [0.4, 0.5) is 5.69 Å². The van der Waals surface area contributed by atoms with Crippen LogP contribution in [0.25, 0.3) is 0 Å². The first kappa shape index (κ1) is 33.6. The second-order valence-electron chi connectivity index (χ2n) is 11.3. The van der Waals surface area contributed by atoms with Gasteiger partial charge in [0, 0.05) is 31.4 Å². The lowest BCUT2D eigenvalue weighted by atomic mass is 10.0. The number of pyridine rings is 1. The molecule has 0 bridgehead atoms. The maximum absolute atomic E-state index is 12.2. The lowest BCUT2D eigenvalue weighted by Gasteiger charge is -2.33. The molecule has 4 aromatic carbocycles. The molecular weight excluding hydrogens is 614 g/mol. The fourth-order valence-electron chi connectivity index (χ4n) is 5.19. The highest BCUT2D eigenvalue weighted by atomic mass is 32.2. The van der Waals surface area contributed by atoms with Gasteiger partial charge in [0.1, 0.15) is 18.1 Å². The summed E-state index contributed by atoms with van der Waals surface area (Å²) in [6.45, 7) is 0.777. The highest BCUT2D eigenvalue weighted by molar-refractivity contribution is 7.92. The molecule has 3 N–H and O–H groups in total. The molecule has 9 nitrogen and oxygen atoms in total. The molecule has 5 rings (SSSR count). The Morgan fingerprint density at radius 3 is 2.15 bits per heavy atom. The van der Waals surface area contributed by atoms with E-state index in [0.29, 0.717) is 35.9 Å². The van der Waals surface area contributed by atoms with Crippen molar-refractivity contribution in [3.63, 3.8) is 0 Å². The Balaban J connectivity index is 1.34. The van der Waals surface area contributed by atoms with Crippen LogP contribution in [0.2, 0.25) is 0 Å². The number of aliphatic hydroxyl groups is 2. The van der Waals surface area contributed by atoms with Crippen molar-refractivity contribution in [3.8, 4) is 17.4 Å². The summed E-state index contributed by atoms with van der Waals surface area (Å²) in [5.74, 6) is 1.50. The van der Waals surface area contributed by atoms with Gasteiger partial charge in [0.15, 0.2) is 0 Å². The summed E-state index contributed by atoms with van der Waals surface area (Å²) in [6.07, 6.45) is 2.27. The smallest absolute Gasteiger partial charge is 0.229 e. The summed E-state index contributed by atoms with van der Waals surface area (Å²) >= 11 is 0. The van der Waals surface area contributed by atoms with Gasteiger partial charge in [-0.3, -0.25) is 9.62 Å².